The quantitative estimate of drug-likeness (QED) is 0.768. The molecule has 5 heteroatoms. The first-order valence-corrected chi connectivity index (χ1v) is 7.20. The molecule has 4 nitrogen and oxygen atoms in total. The minimum atomic E-state index is -0.744. The molecule has 0 aromatic rings. The molecular formula is C13H21NO3S. The van der Waals surface area contributed by atoms with Gasteiger partial charge in [0.25, 0.3) is 0 Å². The molecule has 1 N–H and O–H groups in total. The van der Waals surface area contributed by atoms with Crippen molar-refractivity contribution in [2.75, 3.05) is 13.1 Å². The number of rotatable bonds is 4. The summed E-state index contributed by atoms with van der Waals surface area (Å²) in [6.45, 7) is 1.28. The maximum Gasteiger partial charge on any atom is 0.303 e. The SMILES string of the molecule is O=C(O)CC1(CN2CC(S)CC2=O)CCCCC1. The molecular weight excluding hydrogens is 250 g/mol. The molecule has 1 saturated heterocycles. The molecule has 1 aliphatic carbocycles. The van der Waals surface area contributed by atoms with E-state index < -0.39 is 5.97 Å². The van der Waals surface area contributed by atoms with Gasteiger partial charge in [0.1, 0.15) is 0 Å². The lowest BCUT2D eigenvalue weighted by Gasteiger charge is -2.39. The Bertz CT molecular complexity index is 339. The van der Waals surface area contributed by atoms with Gasteiger partial charge in [0.2, 0.25) is 5.91 Å². The van der Waals surface area contributed by atoms with Gasteiger partial charge in [-0.25, -0.2) is 0 Å². The van der Waals surface area contributed by atoms with E-state index in [9.17, 15) is 9.59 Å². The minimum absolute atomic E-state index is 0.114. The van der Waals surface area contributed by atoms with Crippen LogP contribution in [0.4, 0.5) is 0 Å². The van der Waals surface area contributed by atoms with Crippen LogP contribution in [0.5, 0.6) is 0 Å². The molecule has 2 fully saturated rings. The molecule has 0 radical (unpaired) electrons. The summed E-state index contributed by atoms with van der Waals surface area (Å²) < 4.78 is 0. The standard InChI is InChI=1S/C13H21NO3S/c15-11-6-10(18)8-14(11)9-13(7-12(16)17)4-2-1-3-5-13/h10,18H,1-9H2,(H,16,17). The number of hydrogen-bond acceptors (Lipinski definition) is 3. The van der Waals surface area contributed by atoms with Crippen LogP contribution in [0.25, 0.3) is 0 Å². The molecule has 0 spiro atoms. The molecule has 1 saturated carbocycles. The lowest BCUT2D eigenvalue weighted by molar-refractivity contribution is -0.142. The van der Waals surface area contributed by atoms with Gasteiger partial charge in [-0.15, -0.1) is 0 Å². The number of carbonyl (C=O) groups excluding carboxylic acids is 1. The molecule has 18 heavy (non-hydrogen) atoms. The van der Waals surface area contributed by atoms with E-state index in [0.29, 0.717) is 19.5 Å². The summed E-state index contributed by atoms with van der Waals surface area (Å²) in [4.78, 5) is 24.7. The van der Waals surface area contributed by atoms with Gasteiger partial charge in [0.05, 0.1) is 6.42 Å². The molecule has 1 unspecified atom stereocenters. The van der Waals surface area contributed by atoms with Crippen molar-refractivity contribution in [3.63, 3.8) is 0 Å². The maximum atomic E-state index is 11.8. The third-order valence-corrected chi connectivity index (χ3v) is 4.51. The number of aliphatic carboxylic acids is 1. The Labute approximate surface area is 113 Å². The lowest BCUT2D eigenvalue weighted by Crippen LogP contribution is -2.41. The zero-order valence-electron chi connectivity index (χ0n) is 10.6. The van der Waals surface area contributed by atoms with Crippen LogP contribution in [0.15, 0.2) is 0 Å². The molecule has 102 valence electrons. The number of hydrogen-bond donors (Lipinski definition) is 2. The van der Waals surface area contributed by atoms with Crippen LogP contribution in [-0.2, 0) is 9.59 Å². The highest BCUT2D eigenvalue weighted by Crippen LogP contribution is 2.41. The van der Waals surface area contributed by atoms with E-state index in [-0.39, 0.29) is 23.0 Å². The zero-order chi connectivity index (χ0) is 13.2. The van der Waals surface area contributed by atoms with Crippen LogP contribution in [0.2, 0.25) is 0 Å². The Hall–Kier alpha value is -0.710. The van der Waals surface area contributed by atoms with Crippen LogP contribution in [0, 0.1) is 5.41 Å². The number of amides is 1. The van der Waals surface area contributed by atoms with Crippen molar-refractivity contribution in [3.8, 4) is 0 Å². The van der Waals surface area contributed by atoms with E-state index in [1.54, 1.807) is 0 Å². The number of carboxylic acid groups (broad SMARTS) is 1. The molecule has 1 amide bonds. The van der Waals surface area contributed by atoms with Crippen molar-refractivity contribution < 1.29 is 14.7 Å². The highest BCUT2D eigenvalue weighted by molar-refractivity contribution is 7.81. The summed E-state index contributed by atoms with van der Waals surface area (Å²) >= 11 is 4.35. The topological polar surface area (TPSA) is 57.6 Å². The molecule has 1 atom stereocenters. The van der Waals surface area contributed by atoms with Crippen LogP contribution in [0.3, 0.4) is 0 Å². The fourth-order valence-corrected chi connectivity index (χ4v) is 3.68. The smallest absolute Gasteiger partial charge is 0.303 e. The molecule has 2 aliphatic rings. The first-order chi connectivity index (χ1) is 8.51. The van der Waals surface area contributed by atoms with Gasteiger partial charge in [-0.3, -0.25) is 9.59 Å². The molecule has 1 aliphatic heterocycles. The Morgan fingerprint density at radius 1 is 1.39 bits per heavy atom. The minimum Gasteiger partial charge on any atom is -0.481 e. The second kappa shape index (κ2) is 5.51. The number of thiol groups is 1. The van der Waals surface area contributed by atoms with Gasteiger partial charge < -0.3 is 10.0 Å². The lowest BCUT2D eigenvalue weighted by atomic mass is 9.71. The van der Waals surface area contributed by atoms with E-state index in [0.717, 1.165) is 25.7 Å². The fraction of sp³-hybridized carbons (Fsp3) is 0.846. The normalized spacial score (nSPS) is 27.5. The number of likely N-dealkylation sites (tertiary alicyclic amines) is 1. The molecule has 2 rings (SSSR count). The summed E-state index contributed by atoms with van der Waals surface area (Å²) in [6, 6.07) is 0. The number of carboxylic acids is 1. The second-order valence-electron chi connectivity index (χ2n) is 5.76. The Morgan fingerprint density at radius 3 is 2.56 bits per heavy atom. The van der Waals surface area contributed by atoms with Crippen molar-refractivity contribution in [2.24, 2.45) is 5.41 Å². The summed E-state index contributed by atoms with van der Waals surface area (Å²) in [5.41, 5.74) is -0.197. The Kier molecular flexibility index (Phi) is 4.20. The van der Waals surface area contributed by atoms with Gasteiger partial charge in [0.15, 0.2) is 0 Å². The van der Waals surface area contributed by atoms with Crippen molar-refractivity contribution in [1.29, 1.82) is 0 Å². The second-order valence-corrected chi connectivity index (χ2v) is 6.49. The summed E-state index contributed by atoms with van der Waals surface area (Å²) in [5.74, 6) is -0.615. The van der Waals surface area contributed by atoms with Crippen LogP contribution in [0.1, 0.15) is 44.9 Å². The van der Waals surface area contributed by atoms with Crippen molar-refractivity contribution in [2.45, 2.75) is 50.2 Å². The maximum absolute atomic E-state index is 11.8. The largest absolute Gasteiger partial charge is 0.481 e. The van der Waals surface area contributed by atoms with Crippen LogP contribution >= 0.6 is 12.6 Å². The fourth-order valence-electron chi connectivity index (χ4n) is 3.32. The van der Waals surface area contributed by atoms with Gasteiger partial charge in [-0.05, 0) is 18.3 Å². The predicted octanol–water partition coefficient (Wildman–Crippen LogP) is 1.94. The average molecular weight is 271 g/mol. The molecule has 0 aromatic heterocycles. The monoisotopic (exact) mass is 271 g/mol. The molecule has 0 aromatic carbocycles. The van der Waals surface area contributed by atoms with Crippen molar-refractivity contribution in [3.05, 3.63) is 0 Å². The van der Waals surface area contributed by atoms with Gasteiger partial charge >= 0.3 is 5.97 Å². The zero-order valence-corrected chi connectivity index (χ0v) is 11.5. The Balaban J connectivity index is 2.05. The molecule has 1 heterocycles. The van der Waals surface area contributed by atoms with Gasteiger partial charge in [0, 0.05) is 24.8 Å². The van der Waals surface area contributed by atoms with E-state index in [4.69, 9.17) is 5.11 Å². The van der Waals surface area contributed by atoms with E-state index >= 15 is 0 Å². The predicted molar refractivity (Wildman–Crippen MR) is 71.7 cm³/mol. The third-order valence-electron chi connectivity index (χ3n) is 4.16. The number of nitrogens with zero attached hydrogens (tertiary/aromatic N) is 1. The van der Waals surface area contributed by atoms with Gasteiger partial charge in [-0.2, -0.15) is 12.6 Å². The summed E-state index contributed by atoms with van der Waals surface area (Å²) in [6.07, 6.45) is 5.89. The summed E-state index contributed by atoms with van der Waals surface area (Å²) in [5, 5.41) is 9.22. The van der Waals surface area contributed by atoms with E-state index in [1.807, 2.05) is 4.90 Å². The summed E-state index contributed by atoms with van der Waals surface area (Å²) in [7, 11) is 0. The van der Waals surface area contributed by atoms with Gasteiger partial charge in [-0.1, -0.05) is 19.3 Å². The van der Waals surface area contributed by atoms with Crippen molar-refractivity contribution in [1.82, 2.24) is 4.90 Å². The highest BCUT2D eigenvalue weighted by atomic mass is 32.1. The first-order valence-electron chi connectivity index (χ1n) is 6.68. The Morgan fingerprint density at radius 2 is 2.06 bits per heavy atom. The van der Waals surface area contributed by atoms with Crippen molar-refractivity contribution >= 4 is 24.5 Å². The van der Waals surface area contributed by atoms with Crippen LogP contribution in [-0.4, -0.2) is 40.2 Å². The average Bonchev–Trinajstić information content (AvgIpc) is 2.57. The molecule has 0 bridgehead atoms. The highest BCUT2D eigenvalue weighted by Gasteiger charge is 2.39. The van der Waals surface area contributed by atoms with E-state index in [2.05, 4.69) is 12.6 Å². The third kappa shape index (κ3) is 3.19. The first kappa shape index (κ1) is 13.7. The number of carbonyl (C=O) groups is 2. The van der Waals surface area contributed by atoms with E-state index in [1.165, 1.54) is 6.42 Å². The van der Waals surface area contributed by atoms with Crippen LogP contribution < -0.4 is 0 Å².